The van der Waals surface area contributed by atoms with Crippen LogP contribution in [0.5, 0.6) is 5.75 Å². The van der Waals surface area contributed by atoms with Crippen molar-refractivity contribution in [2.45, 2.75) is 19.4 Å². The second-order valence-corrected chi connectivity index (χ2v) is 8.05. The van der Waals surface area contributed by atoms with E-state index in [1.54, 1.807) is 36.4 Å². The van der Waals surface area contributed by atoms with Crippen LogP contribution in [0.1, 0.15) is 34.5 Å². The molecule has 2 heterocycles. The van der Waals surface area contributed by atoms with Crippen molar-refractivity contribution in [3.8, 4) is 28.0 Å². The number of amides is 1. The van der Waals surface area contributed by atoms with Crippen LogP contribution in [0.4, 0.5) is 10.2 Å². The highest BCUT2D eigenvalue weighted by molar-refractivity contribution is 5.97. The number of nitrogen functional groups attached to an aromatic ring is 1. The van der Waals surface area contributed by atoms with E-state index in [-0.39, 0.29) is 23.5 Å². The van der Waals surface area contributed by atoms with Gasteiger partial charge in [0.1, 0.15) is 11.6 Å². The monoisotopic (exact) mass is 420 g/mol. The van der Waals surface area contributed by atoms with Gasteiger partial charge in [0.05, 0.1) is 0 Å². The molecule has 0 fully saturated rings. The van der Waals surface area contributed by atoms with Crippen molar-refractivity contribution in [1.82, 2.24) is 15.2 Å². The Bertz CT molecular complexity index is 1180. The normalized spacial score (nSPS) is 14.3. The van der Waals surface area contributed by atoms with Crippen molar-refractivity contribution in [3.05, 3.63) is 65.1 Å². The summed E-state index contributed by atoms with van der Waals surface area (Å²) in [5, 5.41) is 13.1. The van der Waals surface area contributed by atoms with E-state index in [0.717, 1.165) is 17.5 Å². The van der Waals surface area contributed by atoms with Crippen LogP contribution in [0.2, 0.25) is 0 Å². The number of phenolic OH excluding ortho intramolecular Hbond substituents is 1. The van der Waals surface area contributed by atoms with Gasteiger partial charge < -0.3 is 21.1 Å². The molecule has 0 bridgehead atoms. The summed E-state index contributed by atoms with van der Waals surface area (Å²) in [6, 6.07) is 12.1. The van der Waals surface area contributed by atoms with Crippen molar-refractivity contribution in [3.63, 3.8) is 0 Å². The number of aromatic hydroxyl groups is 1. The number of aromatic nitrogens is 1. The van der Waals surface area contributed by atoms with E-state index in [0.29, 0.717) is 34.4 Å². The number of fused-ring (bicyclic) bond motifs is 1. The third-order valence-corrected chi connectivity index (χ3v) is 5.91. The number of halogens is 1. The number of phenols is 1. The number of benzene rings is 2. The fraction of sp³-hybridized carbons (Fsp3) is 0.250. The molecule has 1 aliphatic rings. The van der Waals surface area contributed by atoms with Gasteiger partial charge in [0.15, 0.2) is 0 Å². The topological polar surface area (TPSA) is 91.5 Å². The molecule has 0 spiro atoms. The molecule has 0 radical (unpaired) electrons. The number of nitrogens with two attached hydrogens (primary N) is 1. The van der Waals surface area contributed by atoms with E-state index in [1.807, 2.05) is 32.0 Å². The summed E-state index contributed by atoms with van der Waals surface area (Å²) >= 11 is 0. The average Bonchev–Trinajstić information content (AvgIpc) is 2.74. The molecule has 0 saturated carbocycles. The number of nitrogens with one attached hydrogen (secondary N) is 1. The van der Waals surface area contributed by atoms with Crippen LogP contribution >= 0.6 is 0 Å². The van der Waals surface area contributed by atoms with Crippen molar-refractivity contribution >= 4 is 11.7 Å². The summed E-state index contributed by atoms with van der Waals surface area (Å²) in [6.45, 7) is 2.54. The zero-order valence-electron chi connectivity index (χ0n) is 17.7. The van der Waals surface area contributed by atoms with Crippen LogP contribution in [0, 0.1) is 5.95 Å². The molecule has 4 rings (SSSR count). The van der Waals surface area contributed by atoms with Crippen LogP contribution < -0.4 is 11.1 Å². The lowest BCUT2D eigenvalue weighted by atomic mass is 9.93. The van der Waals surface area contributed by atoms with Gasteiger partial charge in [-0.05, 0) is 68.4 Å². The summed E-state index contributed by atoms with van der Waals surface area (Å²) in [6.07, 6.45) is 0.722. The standard InChI is InChI=1S/C24H25FN4O2/c1-13(29(2)3)18-11-15(5-7-21(18)30)19-12-20(23(26)28-22(19)25)14-4-6-17-16(10-14)8-9-27-24(17)31/h4-7,10-13,30H,8-9H2,1-3H3,(H2,26,28)(H,27,31). The molecule has 2 aromatic carbocycles. The lowest BCUT2D eigenvalue weighted by Crippen LogP contribution is -2.31. The molecule has 160 valence electrons. The first-order valence-corrected chi connectivity index (χ1v) is 10.1. The van der Waals surface area contributed by atoms with Crippen LogP contribution in [0.3, 0.4) is 0 Å². The second-order valence-electron chi connectivity index (χ2n) is 8.05. The molecule has 3 aromatic rings. The molecule has 6 nitrogen and oxygen atoms in total. The van der Waals surface area contributed by atoms with Crippen LogP contribution in [-0.4, -0.2) is 41.5 Å². The first-order valence-electron chi connectivity index (χ1n) is 10.1. The molecule has 1 atom stereocenters. The number of carbonyl (C=O) groups is 1. The largest absolute Gasteiger partial charge is 0.508 e. The fourth-order valence-corrected chi connectivity index (χ4v) is 3.87. The maximum atomic E-state index is 14.8. The molecule has 1 aromatic heterocycles. The minimum Gasteiger partial charge on any atom is -0.508 e. The zero-order chi connectivity index (χ0) is 22.3. The van der Waals surface area contributed by atoms with Crippen molar-refractivity contribution in [1.29, 1.82) is 0 Å². The Morgan fingerprint density at radius 2 is 1.81 bits per heavy atom. The van der Waals surface area contributed by atoms with Crippen LogP contribution in [-0.2, 0) is 6.42 Å². The molecule has 31 heavy (non-hydrogen) atoms. The highest BCUT2D eigenvalue weighted by atomic mass is 19.1. The maximum absolute atomic E-state index is 14.8. The molecule has 1 amide bonds. The third kappa shape index (κ3) is 3.84. The van der Waals surface area contributed by atoms with Gasteiger partial charge in [-0.15, -0.1) is 0 Å². The Morgan fingerprint density at radius 3 is 2.55 bits per heavy atom. The first kappa shape index (κ1) is 20.8. The van der Waals surface area contributed by atoms with Crippen molar-refractivity contribution in [2.24, 2.45) is 0 Å². The van der Waals surface area contributed by atoms with E-state index in [9.17, 15) is 14.3 Å². The van der Waals surface area contributed by atoms with Crippen LogP contribution in [0.15, 0.2) is 42.5 Å². The van der Waals surface area contributed by atoms with Gasteiger partial charge >= 0.3 is 0 Å². The van der Waals surface area contributed by atoms with Crippen molar-refractivity contribution in [2.75, 3.05) is 26.4 Å². The molecule has 1 unspecified atom stereocenters. The van der Waals surface area contributed by atoms with Gasteiger partial charge in [0.2, 0.25) is 5.95 Å². The number of anilines is 1. The van der Waals surface area contributed by atoms with Gasteiger partial charge in [-0.25, -0.2) is 4.98 Å². The molecule has 4 N–H and O–H groups in total. The molecular formula is C24H25FN4O2. The summed E-state index contributed by atoms with van der Waals surface area (Å²) in [5.74, 6) is -0.526. The van der Waals surface area contributed by atoms with Gasteiger partial charge in [-0.2, -0.15) is 4.39 Å². The van der Waals surface area contributed by atoms with Gasteiger partial charge in [0, 0.05) is 34.8 Å². The van der Waals surface area contributed by atoms with Gasteiger partial charge in [-0.1, -0.05) is 18.2 Å². The number of hydrogen-bond acceptors (Lipinski definition) is 5. The summed E-state index contributed by atoms with van der Waals surface area (Å²) in [4.78, 5) is 17.9. The Hall–Kier alpha value is -3.45. The average molecular weight is 420 g/mol. The molecule has 7 heteroatoms. The quantitative estimate of drug-likeness (QED) is 0.559. The predicted molar refractivity (Wildman–Crippen MR) is 119 cm³/mol. The van der Waals surface area contributed by atoms with Crippen molar-refractivity contribution < 1.29 is 14.3 Å². The molecule has 0 aliphatic carbocycles. The molecule has 0 saturated heterocycles. The Balaban J connectivity index is 1.82. The number of hydrogen-bond donors (Lipinski definition) is 3. The van der Waals surface area contributed by atoms with E-state index >= 15 is 0 Å². The van der Waals surface area contributed by atoms with Gasteiger partial charge in [-0.3, -0.25) is 4.79 Å². The summed E-state index contributed by atoms with van der Waals surface area (Å²) < 4.78 is 14.8. The number of nitrogens with zero attached hydrogens (tertiary/aromatic N) is 2. The van der Waals surface area contributed by atoms with Gasteiger partial charge in [0.25, 0.3) is 5.91 Å². The van der Waals surface area contributed by atoms with E-state index in [1.165, 1.54) is 0 Å². The molecule has 1 aliphatic heterocycles. The minimum atomic E-state index is -0.673. The van der Waals surface area contributed by atoms with E-state index in [2.05, 4.69) is 10.3 Å². The lowest BCUT2D eigenvalue weighted by molar-refractivity contribution is 0.0946. The smallest absolute Gasteiger partial charge is 0.251 e. The Labute approximate surface area is 180 Å². The number of rotatable bonds is 4. The molecular weight excluding hydrogens is 395 g/mol. The Kier molecular flexibility index (Phi) is 5.37. The number of carbonyl (C=O) groups excluding carboxylic acids is 1. The highest BCUT2D eigenvalue weighted by Gasteiger charge is 2.20. The lowest BCUT2D eigenvalue weighted by Gasteiger charge is -2.22. The Morgan fingerprint density at radius 1 is 1.10 bits per heavy atom. The summed E-state index contributed by atoms with van der Waals surface area (Å²) in [7, 11) is 3.83. The highest BCUT2D eigenvalue weighted by Crippen LogP contribution is 2.36. The minimum absolute atomic E-state index is 0.0592. The SMILES string of the molecule is CC(c1cc(-c2cc(-c3ccc4c(c3)CCNC4=O)c(N)nc2F)ccc1O)N(C)C. The van der Waals surface area contributed by atoms with E-state index < -0.39 is 5.95 Å². The zero-order valence-corrected chi connectivity index (χ0v) is 17.7. The maximum Gasteiger partial charge on any atom is 0.251 e. The first-order chi connectivity index (χ1) is 14.8. The van der Waals surface area contributed by atoms with Crippen LogP contribution in [0.25, 0.3) is 22.3 Å². The predicted octanol–water partition coefficient (Wildman–Crippen LogP) is 3.75. The number of pyridine rings is 1. The van der Waals surface area contributed by atoms with E-state index in [4.69, 9.17) is 5.73 Å². The third-order valence-electron chi connectivity index (χ3n) is 5.91. The second kappa shape index (κ2) is 8.00. The summed E-state index contributed by atoms with van der Waals surface area (Å²) in [5.41, 5.74) is 10.6. The fourth-order valence-electron chi connectivity index (χ4n) is 3.87.